The van der Waals surface area contributed by atoms with Gasteiger partial charge < -0.3 is 15.0 Å². The van der Waals surface area contributed by atoms with Gasteiger partial charge in [0, 0.05) is 11.4 Å². The van der Waals surface area contributed by atoms with E-state index in [2.05, 4.69) is 10.1 Å². The van der Waals surface area contributed by atoms with Crippen molar-refractivity contribution in [2.24, 2.45) is 0 Å². The minimum Gasteiger partial charge on any atom is -0.468 e. The molecule has 0 aromatic carbocycles. The number of carbonyl (C=O) groups excluding carboxylic acids is 2. The number of ether oxygens (including phenoxy) is 1. The normalized spacial score (nSPS) is 18.7. The molecular weight excluding hydrogens is 252 g/mol. The van der Waals surface area contributed by atoms with Crippen LogP contribution in [0.15, 0.2) is 17.5 Å². The number of methoxy groups -OCH3 is 1. The molecule has 0 unspecified atom stereocenters. The van der Waals surface area contributed by atoms with Crippen LogP contribution in [0.5, 0.6) is 0 Å². The van der Waals surface area contributed by atoms with Crippen molar-refractivity contribution in [2.75, 3.05) is 20.2 Å². The van der Waals surface area contributed by atoms with Gasteiger partial charge in [-0.1, -0.05) is 6.07 Å². The lowest BCUT2D eigenvalue weighted by Gasteiger charge is -2.23. The molecule has 18 heavy (non-hydrogen) atoms. The zero-order valence-corrected chi connectivity index (χ0v) is 11.0. The highest BCUT2D eigenvalue weighted by molar-refractivity contribution is 7.10. The fourth-order valence-corrected chi connectivity index (χ4v) is 2.98. The third kappa shape index (κ3) is 2.81. The van der Waals surface area contributed by atoms with E-state index < -0.39 is 5.97 Å². The van der Waals surface area contributed by atoms with Gasteiger partial charge in [-0.05, 0) is 24.3 Å². The lowest BCUT2D eigenvalue weighted by molar-refractivity contribution is -0.139. The predicted octanol–water partition coefficient (Wildman–Crippen LogP) is 1.77. The van der Waals surface area contributed by atoms with Crippen LogP contribution in [0.1, 0.15) is 23.8 Å². The minimum atomic E-state index is -0.435. The molecule has 98 valence electrons. The zero-order chi connectivity index (χ0) is 13.0. The second kappa shape index (κ2) is 5.86. The molecule has 1 aliphatic rings. The van der Waals surface area contributed by atoms with Crippen LogP contribution in [0.25, 0.3) is 0 Å². The number of likely N-dealkylation sites (tertiary alicyclic amines) is 1. The molecule has 0 saturated carbocycles. The molecule has 1 saturated heterocycles. The van der Waals surface area contributed by atoms with Crippen LogP contribution in [0, 0.1) is 0 Å². The van der Waals surface area contributed by atoms with Crippen molar-refractivity contribution in [3.05, 3.63) is 22.4 Å². The highest BCUT2D eigenvalue weighted by atomic mass is 32.1. The van der Waals surface area contributed by atoms with E-state index in [1.54, 1.807) is 16.2 Å². The van der Waals surface area contributed by atoms with Crippen LogP contribution >= 0.6 is 11.3 Å². The van der Waals surface area contributed by atoms with Gasteiger partial charge in [0.25, 0.3) is 0 Å². The molecule has 1 N–H and O–H groups in total. The number of thiophene rings is 1. The van der Waals surface area contributed by atoms with Gasteiger partial charge in [0.2, 0.25) is 0 Å². The fourth-order valence-electron chi connectivity index (χ4n) is 2.11. The molecule has 0 aliphatic carbocycles. The van der Waals surface area contributed by atoms with E-state index in [-0.39, 0.29) is 18.6 Å². The first kappa shape index (κ1) is 12.9. The standard InChI is InChI=1S/C12H16N2O3S/c1-17-11(15)8-13-12(16)14-6-2-4-9(14)10-5-3-7-18-10/h3,5,7,9H,2,4,6,8H2,1H3,(H,13,16)/t9-/m1/s1. The highest BCUT2D eigenvalue weighted by Gasteiger charge is 2.30. The first-order valence-electron chi connectivity index (χ1n) is 5.87. The van der Waals surface area contributed by atoms with Gasteiger partial charge in [0.15, 0.2) is 0 Å². The molecule has 2 amide bonds. The fraction of sp³-hybridized carbons (Fsp3) is 0.500. The summed E-state index contributed by atoms with van der Waals surface area (Å²) < 4.78 is 4.49. The van der Waals surface area contributed by atoms with Gasteiger partial charge in [0.1, 0.15) is 6.54 Å². The van der Waals surface area contributed by atoms with Gasteiger partial charge in [0.05, 0.1) is 13.2 Å². The SMILES string of the molecule is COC(=O)CNC(=O)N1CCC[C@@H]1c1cccs1. The van der Waals surface area contributed by atoms with Crippen LogP contribution < -0.4 is 5.32 Å². The monoisotopic (exact) mass is 268 g/mol. The minimum absolute atomic E-state index is 0.0804. The summed E-state index contributed by atoms with van der Waals surface area (Å²) in [6.07, 6.45) is 1.97. The zero-order valence-electron chi connectivity index (χ0n) is 10.2. The van der Waals surface area contributed by atoms with Gasteiger partial charge in [-0.25, -0.2) is 4.79 Å². The molecule has 1 aliphatic heterocycles. The number of rotatable bonds is 3. The Kier molecular flexibility index (Phi) is 4.19. The van der Waals surface area contributed by atoms with Crippen LogP contribution in [0.4, 0.5) is 4.79 Å². The topological polar surface area (TPSA) is 58.6 Å². The Bertz CT molecular complexity index is 419. The number of amides is 2. The molecule has 2 rings (SSSR count). The molecule has 0 radical (unpaired) electrons. The van der Waals surface area contributed by atoms with Crippen molar-refractivity contribution in [1.82, 2.24) is 10.2 Å². The van der Waals surface area contributed by atoms with Gasteiger partial charge in [-0.3, -0.25) is 4.79 Å². The number of hydrogen-bond acceptors (Lipinski definition) is 4. The van der Waals surface area contributed by atoms with E-state index in [4.69, 9.17) is 0 Å². The first-order valence-corrected chi connectivity index (χ1v) is 6.75. The third-order valence-electron chi connectivity index (χ3n) is 3.00. The lowest BCUT2D eigenvalue weighted by Crippen LogP contribution is -2.41. The Balaban J connectivity index is 1.95. The number of urea groups is 1. The number of esters is 1. The van der Waals surface area contributed by atoms with Gasteiger partial charge >= 0.3 is 12.0 Å². The molecule has 6 heteroatoms. The van der Waals surface area contributed by atoms with Crippen LogP contribution in [0.3, 0.4) is 0 Å². The van der Waals surface area contributed by atoms with Gasteiger partial charge in [-0.15, -0.1) is 11.3 Å². The molecule has 1 atom stereocenters. The largest absolute Gasteiger partial charge is 0.468 e. The number of nitrogens with one attached hydrogen (secondary N) is 1. The Labute approximate surface area is 110 Å². The van der Waals surface area contributed by atoms with Crippen molar-refractivity contribution >= 4 is 23.3 Å². The smallest absolute Gasteiger partial charge is 0.325 e. The molecular formula is C12H16N2O3S. The molecule has 0 bridgehead atoms. The Morgan fingerprint density at radius 2 is 2.44 bits per heavy atom. The summed E-state index contributed by atoms with van der Waals surface area (Å²) in [6, 6.07) is 3.98. The first-order chi connectivity index (χ1) is 8.72. The summed E-state index contributed by atoms with van der Waals surface area (Å²) in [5, 5.41) is 4.60. The number of carbonyl (C=O) groups is 2. The van der Waals surface area contributed by atoms with E-state index in [0.29, 0.717) is 0 Å². The van der Waals surface area contributed by atoms with E-state index in [1.807, 2.05) is 17.5 Å². The van der Waals surface area contributed by atoms with E-state index in [1.165, 1.54) is 12.0 Å². The van der Waals surface area contributed by atoms with Crippen LogP contribution in [-0.2, 0) is 9.53 Å². The second-order valence-corrected chi connectivity index (χ2v) is 5.08. The molecule has 1 aromatic heterocycles. The highest BCUT2D eigenvalue weighted by Crippen LogP contribution is 2.34. The Morgan fingerprint density at radius 3 is 3.11 bits per heavy atom. The van der Waals surface area contributed by atoms with Crippen molar-refractivity contribution in [1.29, 1.82) is 0 Å². The Hall–Kier alpha value is -1.56. The number of hydrogen-bond donors (Lipinski definition) is 1. The van der Waals surface area contributed by atoms with Crippen LogP contribution in [-0.4, -0.2) is 37.1 Å². The van der Waals surface area contributed by atoms with Crippen molar-refractivity contribution < 1.29 is 14.3 Å². The summed E-state index contributed by atoms with van der Waals surface area (Å²) in [6.45, 7) is 0.651. The lowest BCUT2D eigenvalue weighted by atomic mass is 10.2. The van der Waals surface area contributed by atoms with E-state index >= 15 is 0 Å². The molecule has 5 nitrogen and oxygen atoms in total. The van der Waals surface area contributed by atoms with E-state index in [0.717, 1.165) is 19.4 Å². The average Bonchev–Trinajstić information content (AvgIpc) is 3.04. The van der Waals surface area contributed by atoms with Gasteiger partial charge in [-0.2, -0.15) is 0 Å². The second-order valence-electron chi connectivity index (χ2n) is 4.10. The molecule has 0 spiro atoms. The predicted molar refractivity (Wildman–Crippen MR) is 68.4 cm³/mol. The van der Waals surface area contributed by atoms with Crippen molar-refractivity contribution in [2.45, 2.75) is 18.9 Å². The third-order valence-corrected chi connectivity index (χ3v) is 3.97. The summed E-state index contributed by atoms with van der Waals surface area (Å²) >= 11 is 1.66. The summed E-state index contributed by atoms with van der Waals surface area (Å²) in [5.74, 6) is -0.435. The number of nitrogens with zero attached hydrogens (tertiary/aromatic N) is 1. The maximum Gasteiger partial charge on any atom is 0.325 e. The summed E-state index contributed by atoms with van der Waals surface area (Å²) in [5.41, 5.74) is 0. The molecule has 2 heterocycles. The maximum atomic E-state index is 12.0. The average molecular weight is 268 g/mol. The molecule has 1 fully saturated rings. The Morgan fingerprint density at radius 1 is 1.61 bits per heavy atom. The van der Waals surface area contributed by atoms with Crippen molar-refractivity contribution in [3.8, 4) is 0 Å². The summed E-state index contributed by atoms with van der Waals surface area (Å²) in [4.78, 5) is 26.0. The summed E-state index contributed by atoms with van der Waals surface area (Å²) in [7, 11) is 1.30. The maximum absolute atomic E-state index is 12.0. The van der Waals surface area contributed by atoms with Crippen molar-refractivity contribution in [3.63, 3.8) is 0 Å². The van der Waals surface area contributed by atoms with Crippen LogP contribution in [0.2, 0.25) is 0 Å². The van der Waals surface area contributed by atoms with E-state index in [9.17, 15) is 9.59 Å². The quantitative estimate of drug-likeness (QED) is 0.850. The molecule has 1 aromatic rings.